The van der Waals surface area contributed by atoms with E-state index in [0.717, 1.165) is 13.1 Å². The summed E-state index contributed by atoms with van der Waals surface area (Å²) in [6, 6.07) is 0.314. The molecule has 0 radical (unpaired) electrons. The van der Waals surface area contributed by atoms with E-state index in [2.05, 4.69) is 28.4 Å². The number of hydrogen-bond acceptors (Lipinski definition) is 3. The number of hydrogen-bond donors (Lipinski definition) is 1. The van der Waals surface area contributed by atoms with Crippen LogP contribution in [0.4, 0.5) is 0 Å². The van der Waals surface area contributed by atoms with Crippen LogP contribution in [-0.2, 0) is 13.6 Å². The molecule has 4 nitrogen and oxygen atoms in total. The van der Waals surface area contributed by atoms with Crippen LogP contribution in [0.3, 0.4) is 0 Å². The second-order valence-electron chi connectivity index (χ2n) is 4.99. The Morgan fingerprint density at radius 3 is 2.94 bits per heavy atom. The van der Waals surface area contributed by atoms with Crippen LogP contribution in [0, 0.1) is 5.92 Å². The van der Waals surface area contributed by atoms with E-state index < -0.39 is 0 Å². The monoisotopic (exact) mass is 258 g/mol. The van der Waals surface area contributed by atoms with Crippen molar-refractivity contribution in [3.05, 3.63) is 18.2 Å². The van der Waals surface area contributed by atoms with Gasteiger partial charge >= 0.3 is 0 Å². The average Bonchev–Trinajstić information content (AvgIpc) is 2.65. The lowest BCUT2D eigenvalue weighted by Gasteiger charge is -2.34. The molecule has 0 saturated carbocycles. The molecule has 1 fully saturated rings. The van der Waals surface area contributed by atoms with Crippen molar-refractivity contribution in [2.45, 2.75) is 32.4 Å². The van der Waals surface area contributed by atoms with Crippen molar-refractivity contribution in [1.29, 1.82) is 0 Å². The summed E-state index contributed by atoms with van der Waals surface area (Å²) >= 11 is 0. The van der Waals surface area contributed by atoms with Gasteiger partial charge in [0.15, 0.2) is 0 Å². The van der Waals surface area contributed by atoms with Gasteiger partial charge in [-0.05, 0) is 32.2 Å². The highest BCUT2D eigenvalue weighted by molar-refractivity contribution is 5.85. The standard InChI is InChI=1S/C12H22N4.ClH/c1-10(13)11-4-3-5-16(7-11)8-12-6-14-9-15(12)2;/h6,9-11H,3-5,7-8,13H2,1-2H3;1H. The van der Waals surface area contributed by atoms with Crippen LogP contribution >= 0.6 is 12.4 Å². The molecule has 0 bridgehead atoms. The summed E-state index contributed by atoms with van der Waals surface area (Å²) in [5.74, 6) is 0.655. The number of aryl methyl sites for hydroxylation is 1. The Bertz CT molecular complexity index is 337. The summed E-state index contributed by atoms with van der Waals surface area (Å²) < 4.78 is 2.09. The summed E-state index contributed by atoms with van der Waals surface area (Å²) in [5, 5.41) is 0. The fourth-order valence-corrected chi connectivity index (χ4v) is 2.43. The zero-order chi connectivity index (χ0) is 11.5. The third kappa shape index (κ3) is 3.69. The molecule has 1 saturated heterocycles. The molecule has 98 valence electrons. The van der Waals surface area contributed by atoms with Crippen molar-refractivity contribution in [3.8, 4) is 0 Å². The van der Waals surface area contributed by atoms with Gasteiger partial charge in [-0.25, -0.2) is 4.98 Å². The largest absolute Gasteiger partial charge is 0.337 e. The van der Waals surface area contributed by atoms with Gasteiger partial charge in [0.25, 0.3) is 0 Å². The predicted octanol–water partition coefficient (Wildman–Crippen LogP) is 1.40. The van der Waals surface area contributed by atoms with Gasteiger partial charge in [0.1, 0.15) is 0 Å². The van der Waals surface area contributed by atoms with Crippen LogP contribution in [-0.4, -0.2) is 33.6 Å². The van der Waals surface area contributed by atoms with Crippen LogP contribution in [0.1, 0.15) is 25.5 Å². The molecule has 2 rings (SSSR count). The zero-order valence-electron chi connectivity index (χ0n) is 10.7. The minimum atomic E-state index is 0. The number of rotatable bonds is 3. The summed E-state index contributed by atoms with van der Waals surface area (Å²) in [6.45, 7) is 5.44. The Kier molecular flexibility index (Phi) is 5.43. The van der Waals surface area contributed by atoms with Crippen LogP contribution in [0.2, 0.25) is 0 Å². The SMILES string of the molecule is CC(N)C1CCCN(Cc2cncn2C)C1.Cl. The molecule has 1 aromatic rings. The zero-order valence-corrected chi connectivity index (χ0v) is 11.5. The molecule has 2 atom stereocenters. The lowest BCUT2D eigenvalue weighted by molar-refractivity contribution is 0.152. The first-order valence-corrected chi connectivity index (χ1v) is 6.10. The van der Waals surface area contributed by atoms with Crippen LogP contribution in [0.15, 0.2) is 12.5 Å². The van der Waals surface area contributed by atoms with Crippen molar-refractivity contribution in [3.63, 3.8) is 0 Å². The Labute approximate surface area is 110 Å². The molecule has 17 heavy (non-hydrogen) atoms. The van der Waals surface area contributed by atoms with E-state index in [0.29, 0.717) is 12.0 Å². The van der Waals surface area contributed by atoms with Crippen molar-refractivity contribution >= 4 is 12.4 Å². The Hall–Kier alpha value is -0.580. The summed E-state index contributed by atoms with van der Waals surface area (Å²) in [4.78, 5) is 6.65. The first kappa shape index (κ1) is 14.5. The third-order valence-electron chi connectivity index (χ3n) is 3.59. The maximum absolute atomic E-state index is 5.99. The van der Waals surface area contributed by atoms with E-state index in [1.54, 1.807) is 0 Å². The van der Waals surface area contributed by atoms with Gasteiger partial charge in [0.2, 0.25) is 0 Å². The van der Waals surface area contributed by atoms with E-state index in [-0.39, 0.29) is 12.4 Å². The van der Waals surface area contributed by atoms with E-state index in [1.165, 1.54) is 25.1 Å². The number of aromatic nitrogens is 2. The van der Waals surface area contributed by atoms with Gasteiger partial charge in [0, 0.05) is 32.4 Å². The number of nitrogens with two attached hydrogens (primary N) is 1. The molecule has 0 aliphatic carbocycles. The Morgan fingerprint density at radius 1 is 1.59 bits per heavy atom. The van der Waals surface area contributed by atoms with Crippen molar-refractivity contribution in [2.75, 3.05) is 13.1 Å². The van der Waals surface area contributed by atoms with E-state index in [4.69, 9.17) is 5.73 Å². The third-order valence-corrected chi connectivity index (χ3v) is 3.59. The van der Waals surface area contributed by atoms with Gasteiger partial charge in [-0.2, -0.15) is 0 Å². The number of halogens is 1. The first-order chi connectivity index (χ1) is 7.66. The minimum absolute atomic E-state index is 0. The second kappa shape index (κ2) is 6.38. The lowest BCUT2D eigenvalue weighted by Crippen LogP contribution is -2.42. The molecule has 0 spiro atoms. The quantitative estimate of drug-likeness (QED) is 0.892. The van der Waals surface area contributed by atoms with Crippen LogP contribution in [0.25, 0.3) is 0 Å². The average molecular weight is 259 g/mol. The minimum Gasteiger partial charge on any atom is -0.337 e. The van der Waals surface area contributed by atoms with Gasteiger partial charge < -0.3 is 10.3 Å². The number of nitrogens with zero attached hydrogens (tertiary/aromatic N) is 3. The fraction of sp³-hybridized carbons (Fsp3) is 0.750. The maximum atomic E-state index is 5.99. The van der Waals surface area contributed by atoms with Crippen molar-refractivity contribution in [1.82, 2.24) is 14.5 Å². The Balaban J connectivity index is 0.00000144. The summed E-state index contributed by atoms with van der Waals surface area (Å²) in [6.07, 6.45) is 6.36. The molecular formula is C12H23ClN4. The van der Waals surface area contributed by atoms with E-state index >= 15 is 0 Å². The molecule has 0 amide bonds. The molecule has 2 heterocycles. The normalized spacial score (nSPS) is 23.1. The smallest absolute Gasteiger partial charge is 0.0945 e. The van der Waals surface area contributed by atoms with Crippen molar-refractivity contribution < 1.29 is 0 Å². The number of likely N-dealkylation sites (tertiary alicyclic amines) is 1. The first-order valence-electron chi connectivity index (χ1n) is 6.10. The van der Waals surface area contributed by atoms with Crippen LogP contribution in [0.5, 0.6) is 0 Å². The second-order valence-corrected chi connectivity index (χ2v) is 4.99. The summed E-state index contributed by atoms with van der Waals surface area (Å²) in [5.41, 5.74) is 7.27. The molecule has 1 aromatic heterocycles. The van der Waals surface area contributed by atoms with Crippen LogP contribution < -0.4 is 5.73 Å². The molecule has 1 aliphatic heterocycles. The molecule has 2 unspecified atom stereocenters. The van der Waals surface area contributed by atoms with Gasteiger partial charge in [-0.3, -0.25) is 4.90 Å². The van der Waals surface area contributed by atoms with E-state index in [9.17, 15) is 0 Å². The van der Waals surface area contributed by atoms with Gasteiger partial charge in [-0.1, -0.05) is 0 Å². The van der Waals surface area contributed by atoms with E-state index in [1.807, 2.05) is 12.5 Å². The number of piperidine rings is 1. The highest BCUT2D eigenvalue weighted by Crippen LogP contribution is 2.20. The Morgan fingerprint density at radius 2 is 2.35 bits per heavy atom. The summed E-state index contributed by atoms with van der Waals surface area (Å²) in [7, 11) is 2.05. The molecule has 0 aromatic carbocycles. The molecular weight excluding hydrogens is 236 g/mol. The highest BCUT2D eigenvalue weighted by atomic mass is 35.5. The van der Waals surface area contributed by atoms with Gasteiger partial charge in [0.05, 0.1) is 12.0 Å². The number of imidazole rings is 1. The molecule has 5 heteroatoms. The maximum Gasteiger partial charge on any atom is 0.0945 e. The van der Waals surface area contributed by atoms with Gasteiger partial charge in [-0.15, -0.1) is 12.4 Å². The molecule has 2 N–H and O–H groups in total. The lowest BCUT2D eigenvalue weighted by atomic mass is 9.92. The topological polar surface area (TPSA) is 47.1 Å². The molecule has 1 aliphatic rings. The highest BCUT2D eigenvalue weighted by Gasteiger charge is 2.22. The van der Waals surface area contributed by atoms with Crippen molar-refractivity contribution in [2.24, 2.45) is 18.7 Å². The predicted molar refractivity (Wildman–Crippen MR) is 72.1 cm³/mol. The fourth-order valence-electron chi connectivity index (χ4n) is 2.43.